The molecular weight excluding hydrogens is 290 g/mol. The molecule has 1 aromatic heterocycles. The summed E-state index contributed by atoms with van der Waals surface area (Å²) in [5.41, 5.74) is 0. The first-order chi connectivity index (χ1) is 7.66. The zero-order chi connectivity index (χ0) is 11.5. The zero-order valence-corrected chi connectivity index (χ0v) is 11.6. The summed E-state index contributed by atoms with van der Waals surface area (Å²) in [5.74, 6) is 0.200. The van der Waals surface area contributed by atoms with E-state index in [-0.39, 0.29) is 5.91 Å². The summed E-state index contributed by atoms with van der Waals surface area (Å²) in [6.45, 7) is 2.24. The third-order valence-corrected chi connectivity index (χ3v) is 4.29. The number of thiazole rings is 1. The van der Waals surface area contributed by atoms with Crippen LogP contribution in [0.15, 0.2) is 9.98 Å². The van der Waals surface area contributed by atoms with E-state index in [4.69, 9.17) is 0 Å². The van der Waals surface area contributed by atoms with E-state index in [0.29, 0.717) is 6.54 Å². The van der Waals surface area contributed by atoms with Crippen molar-refractivity contribution in [3.63, 3.8) is 0 Å². The van der Waals surface area contributed by atoms with Crippen LogP contribution in [0.25, 0.3) is 0 Å². The minimum atomic E-state index is 0.200. The van der Waals surface area contributed by atoms with Crippen LogP contribution in [0.1, 0.15) is 12.8 Å². The van der Waals surface area contributed by atoms with E-state index in [9.17, 15) is 4.79 Å². The van der Waals surface area contributed by atoms with Crippen molar-refractivity contribution in [2.75, 3.05) is 31.6 Å². The van der Waals surface area contributed by atoms with Gasteiger partial charge in [0.2, 0.25) is 5.91 Å². The summed E-state index contributed by atoms with van der Waals surface area (Å²) < 4.78 is 0.827. The molecule has 0 aliphatic carbocycles. The van der Waals surface area contributed by atoms with E-state index in [1.54, 1.807) is 0 Å². The van der Waals surface area contributed by atoms with Crippen molar-refractivity contribution in [3.05, 3.63) is 9.98 Å². The fourth-order valence-corrected chi connectivity index (χ4v) is 2.97. The number of aromatic nitrogens is 1. The Morgan fingerprint density at radius 3 is 2.88 bits per heavy atom. The summed E-state index contributed by atoms with van der Waals surface area (Å²) in [4.78, 5) is 20.0. The molecule has 0 atom stereocenters. The quantitative estimate of drug-likeness (QED) is 0.856. The second kappa shape index (κ2) is 5.14. The van der Waals surface area contributed by atoms with Crippen molar-refractivity contribution in [3.8, 4) is 0 Å². The van der Waals surface area contributed by atoms with Gasteiger partial charge >= 0.3 is 0 Å². The minimum Gasteiger partial charge on any atom is -0.342 e. The monoisotopic (exact) mass is 303 g/mol. The molecule has 16 heavy (non-hydrogen) atoms. The van der Waals surface area contributed by atoms with Crippen molar-refractivity contribution >= 4 is 38.3 Å². The third-order valence-electron chi connectivity index (χ3n) is 2.62. The lowest BCUT2D eigenvalue weighted by molar-refractivity contribution is -0.128. The number of likely N-dealkylation sites (N-methyl/N-ethyl adjacent to an activating group) is 1. The van der Waals surface area contributed by atoms with Crippen LogP contribution >= 0.6 is 27.3 Å². The molecule has 0 N–H and O–H groups in total. The Hall–Kier alpha value is -0.620. The maximum atomic E-state index is 11.9. The molecule has 0 bridgehead atoms. The number of amides is 1. The molecule has 1 fully saturated rings. The van der Waals surface area contributed by atoms with E-state index < -0.39 is 0 Å². The minimum absolute atomic E-state index is 0.200. The summed E-state index contributed by atoms with van der Waals surface area (Å²) >= 11 is 4.85. The molecule has 1 aromatic rings. The number of carbonyl (C=O) groups excluding carboxylic acids is 1. The van der Waals surface area contributed by atoms with E-state index in [0.717, 1.165) is 35.7 Å². The first kappa shape index (κ1) is 11.9. The summed E-state index contributed by atoms with van der Waals surface area (Å²) in [7, 11) is 1.90. The van der Waals surface area contributed by atoms with Gasteiger partial charge in [-0.25, -0.2) is 4.98 Å². The molecule has 0 unspecified atom stereocenters. The predicted octanol–water partition coefficient (Wildman–Crippen LogP) is 1.96. The van der Waals surface area contributed by atoms with E-state index in [1.807, 2.05) is 22.2 Å². The summed E-state index contributed by atoms with van der Waals surface area (Å²) in [6.07, 6.45) is 2.27. The molecule has 0 aromatic carbocycles. The van der Waals surface area contributed by atoms with Crippen molar-refractivity contribution in [1.29, 1.82) is 0 Å². The molecule has 1 aliphatic heterocycles. The van der Waals surface area contributed by atoms with Crippen LogP contribution in [0.4, 0.5) is 5.13 Å². The molecule has 0 radical (unpaired) electrons. The Labute approximate surface area is 107 Å². The predicted molar refractivity (Wildman–Crippen MR) is 68.9 cm³/mol. The van der Waals surface area contributed by atoms with Crippen LogP contribution in [-0.2, 0) is 4.79 Å². The molecule has 2 heterocycles. The average Bonchev–Trinajstić information content (AvgIpc) is 2.87. The van der Waals surface area contributed by atoms with Gasteiger partial charge in [0.25, 0.3) is 0 Å². The molecule has 0 saturated carbocycles. The number of nitrogens with zero attached hydrogens (tertiary/aromatic N) is 3. The third kappa shape index (κ3) is 2.74. The zero-order valence-electron chi connectivity index (χ0n) is 9.15. The molecule has 0 spiro atoms. The van der Waals surface area contributed by atoms with Gasteiger partial charge in [-0.2, -0.15) is 0 Å². The maximum absolute atomic E-state index is 11.9. The Bertz CT molecular complexity index is 376. The molecule has 2 rings (SSSR count). The Morgan fingerprint density at radius 2 is 2.31 bits per heavy atom. The van der Waals surface area contributed by atoms with Crippen LogP contribution in [0, 0.1) is 0 Å². The highest BCUT2D eigenvalue weighted by atomic mass is 79.9. The highest BCUT2D eigenvalue weighted by Gasteiger charge is 2.19. The topological polar surface area (TPSA) is 36.4 Å². The van der Waals surface area contributed by atoms with Crippen LogP contribution in [0.3, 0.4) is 0 Å². The van der Waals surface area contributed by atoms with Gasteiger partial charge < -0.3 is 9.80 Å². The number of rotatable bonds is 3. The molecule has 1 saturated heterocycles. The average molecular weight is 304 g/mol. The molecule has 6 heteroatoms. The van der Waals surface area contributed by atoms with Gasteiger partial charge in [-0.15, -0.1) is 11.3 Å². The second-order valence-corrected chi connectivity index (χ2v) is 5.55. The highest BCUT2D eigenvalue weighted by Crippen LogP contribution is 2.22. The van der Waals surface area contributed by atoms with Crippen molar-refractivity contribution < 1.29 is 4.79 Å². The van der Waals surface area contributed by atoms with Gasteiger partial charge in [0.15, 0.2) is 5.13 Å². The first-order valence-electron chi connectivity index (χ1n) is 5.27. The summed E-state index contributed by atoms with van der Waals surface area (Å²) in [6, 6.07) is 0. The maximum Gasteiger partial charge on any atom is 0.242 e. The SMILES string of the molecule is CN(CC(=O)N1CCCC1)c1nc(Br)cs1. The number of hydrogen-bond donors (Lipinski definition) is 0. The number of hydrogen-bond acceptors (Lipinski definition) is 4. The van der Waals surface area contributed by atoms with Crippen molar-refractivity contribution in [1.82, 2.24) is 9.88 Å². The van der Waals surface area contributed by atoms with Crippen LogP contribution in [-0.4, -0.2) is 42.5 Å². The lowest BCUT2D eigenvalue weighted by Crippen LogP contribution is -2.37. The Morgan fingerprint density at radius 1 is 1.62 bits per heavy atom. The second-order valence-electron chi connectivity index (χ2n) is 3.90. The number of likely N-dealkylation sites (tertiary alicyclic amines) is 1. The standard InChI is InChI=1S/C10H14BrN3OS/c1-13(10-12-8(11)7-16-10)6-9(15)14-4-2-3-5-14/h7H,2-6H2,1H3. The van der Waals surface area contributed by atoms with E-state index in [2.05, 4.69) is 20.9 Å². The fourth-order valence-electron chi connectivity index (χ4n) is 1.76. The van der Waals surface area contributed by atoms with Gasteiger partial charge in [-0.3, -0.25) is 4.79 Å². The molecular formula is C10H14BrN3OS. The molecule has 1 aliphatic rings. The first-order valence-corrected chi connectivity index (χ1v) is 6.94. The van der Waals surface area contributed by atoms with E-state index >= 15 is 0 Å². The number of anilines is 1. The Balaban J connectivity index is 1.91. The molecule has 88 valence electrons. The largest absolute Gasteiger partial charge is 0.342 e. The molecule has 4 nitrogen and oxygen atoms in total. The van der Waals surface area contributed by atoms with Crippen LogP contribution < -0.4 is 4.90 Å². The smallest absolute Gasteiger partial charge is 0.242 e. The number of halogens is 1. The fraction of sp³-hybridized carbons (Fsp3) is 0.600. The number of carbonyl (C=O) groups is 1. The van der Waals surface area contributed by atoms with Gasteiger partial charge in [0, 0.05) is 25.5 Å². The van der Waals surface area contributed by atoms with Gasteiger partial charge in [0.05, 0.1) is 6.54 Å². The van der Waals surface area contributed by atoms with Crippen LogP contribution in [0.5, 0.6) is 0 Å². The molecule has 1 amide bonds. The normalized spacial score (nSPS) is 15.5. The summed E-state index contributed by atoms with van der Waals surface area (Å²) in [5, 5.41) is 2.80. The van der Waals surface area contributed by atoms with Crippen molar-refractivity contribution in [2.45, 2.75) is 12.8 Å². The van der Waals surface area contributed by atoms with Gasteiger partial charge in [-0.1, -0.05) is 0 Å². The lowest BCUT2D eigenvalue weighted by atomic mass is 10.4. The van der Waals surface area contributed by atoms with Gasteiger partial charge in [-0.05, 0) is 28.8 Å². The van der Waals surface area contributed by atoms with Crippen LogP contribution in [0.2, 0.25) is 0 Å². The van der Waals surface area contributed by atoms with E-state index in [1.165, 1.54) is 11.3 Å². The lowest BCUT2D eigenvalue weighted by Gasteiger charge is -2.20. The van der Waals surface area contributed by atoms with Gasteiger partial charge in [0.1, 0.15) is 4.60 Å². The van der Waals surface area contributed by atoms with Crippen molar-refractivity contribution in [2.24, 2.45) is 0 Å². The highest BCUT2D eigenvalue weighted by molar-refractivity contribution is 9.10. The Kier molecular flexibility index (Phi) is 3.81.